The molecule has 0 atom stereocenters. The third-order valence-electron chi connectivity index (χ3n) is 2.90. The average Bonchev–Trinajstić information content (AvgIpc) is 2.43. The van der Waals surface area contributed by atoms with Crippen molar-refractivity contribution in [2.24, 2.45) is 0 Å². The lowest BCUT2D eigenvalue weighted by Gasteiger charge is -2.09. The summed E-state index contributed by atoms with van der Waals surface area (Å²) in [6.45, 7) is 2.92. The van der Waals surface area contributed by atoms with Crippen LogP contribution in [0.25, 0.3) is 0 Å². The van der Waals surface area contributed by atoms with Gasteiger partial charge in [-0.25, -0.2) is 0 Å². The first-order chi connectivity index (χ1) is 9.66. The maximum atomic E-state index is 11.8. The molecule has 1 aromatic carbocycles. The molecule has 2 N–H and O–H groups in total. The second kappa shape index (κ2) is 7.17. The molecule has 1 aromatic heterocycles. The van der Waals surface area contributed by atoms with Crippen molar-refractivity contribution in [1.82, 2.24) is 10.3 Å². The molecule has 0 aliphatic rings. The van der Waals surface area contributed by atoms with Crippen molar-refractivity contribution in [3.8, 4) is 0 Å². The summed E-state index contributed by atoms with van der Waals surface area (Å²) in [6.07, 6.45) is 3.58. The van der Waals surface area contributed by atoms with Gasteiger partial charge in [0.1, 0.15) is 0 Å². The Labute approximate surface area is 126 Å². The van der Waals surface area contributed by atoms with Crippen LogP contribution in [-0.4, -0.2) is 17.4 Å². The van der Waals surface area contributed by atoms with E-state index in [0.717, 1.165) is 15.7 Å². The summed E-state index contributed by atoms with van der Waals surface area (Å²) < 4.78 is 0.872. The Balaban J connectivity index is 1.82. The fraction of sp³-hybridized carbons (Fsp3) is 0.200. The number of pyridine rings is 1. The highest BCUT2D eigenvalue weighted by atomic mass is 79.9. The Hall–Kier alpha value is -1.72. The summed E-state index contributed by atoms with van der Waals surface area (Å²) in [5.74, 6) is -0.0709. The lowest BCUT2D eigenvalue weighted by Crippen LogP contribution is -2.28. The standard InChI is InChI=1S/C15H16BrN3O/c1-11-6-7-17-8-12(11)9-18-10-15(20)19-14-5-3-2-4-13(14)16/h2-8,18H,9-10H2,1H3,(H,19,20). The smallest absolute Gasteiger partial charge is 0.238 e. The highest BCUT2D eigenvalue weighted by Crippen LogP contribution is 2.20. The molecule has 0 spiro atoms. The molecular formula is C15H16BrN3O. The zero-order chi connectivity index (χ0) is 14.4. The number of aromatic nitrogens is 1. The van der Waals surface area contributed by atoms with Gasteiger partial charge in [-0.2, -0.15) is 0 Å². The van der Waals surface area contributed by atoms with Crippen molar-refractivity contribution in [3.05, 3.63) is 58.3 Å². The third kappa shape index (κ3) is 4.15. The molecule has 0 aliphatic carbocycles. The maximum absolute atomic E-state index is 11.8. The molecule has 0 radical (unpaired) electrons. The van der Waals surface area contributed by atoms with E-state index in [2.05, 4.69) is 31.5 Å². The molecular weight excluding hydrogens is 318 g/mol. The monoisotopic (exact) mass is 333 g/mol. The Morgan fingerprint density at radius 1 is 1.30 bits per heavy atom. The molecule has 2 aromatic rings. The number of nitrogens with zero attached hydrogens (tertiary/aromatic N) is 1. The molecule has 2 rings (SSSR count). The number of aryl methyl sites for hydroxylation is 1. The first kappa shape index (κ1) is 14.7. The van der Waals surface area contributed by atoms with E-state index in [9.17, 15) is 4.79 Å². The quantitative estimate of drug-likeness (QED) is 0.884. The number of carbonyl (C=O) groups excluding carboxylic acids is 1. The van der Waals surface area contributed by atoms with E-state index in [4.69, 9.17) is 0 Å². The van der Waals surface area contributed by atoms with Gasteiger partial charge in [0, 0.05) is 23.4 Å². The summed E-state index contributed by atoms with van der Waals surface area (Å²) >= 11 is 3.40. The van der Waals surface area contributed by atoms with Gasteiger partial charge in [0.15, 0.2) is 0 Å². The molecule has 0 unspecified atom stereocenters. The minimum Gasteiger partial charge on any atom is -0.324 e. The minimum atomic E-state index is -0.0709. The largest absolute Gasteiger partial charge is 0.324 e. The highest BCUT2D eigenvalue weighted by molar-refractivity contribution is 9.10. The van der Waals surface area contributed by atoms with Crippen molar-refractivity contribution in [2.45, 2.75) is 13.5 Å². The summed E-state index contributed by atoms with van der Waals surface area (Å²) in [5, 5.41) is 5.96. The van der Waals surface area contributed by atoms with Crippen LogP contribution in [0.15, 0.2) is 47.2 Å². The minimum absolute atomic E-state index is 0.0709. The van der Waals surface area contributed by atoms with Crippen molar-refractivity contribution in [3.63, 3.8) is 0 Å². The van der Waals surface area contributed by atoms with Crippen LogP contribution in [0.4, 0.5) is 5.69 Å². The van der Waals surface area contributed by atoms with Gasteiger partial charge < -0.3 is 10.6 Å². The van der Waals surface area contributed by atoms with Crippen LogP contribution in [0.3, 0.4) is 0 Å². The van der Waals surface area contributed by atoms with Gasteiger partial charge in [0.2, 0.25) is 5.91 Å². The number of carbonyl (C=O) groups is 1. The number of hydrogen-bond acceptors (Lipinski definition) is 3. The Bertz CT molecular complexity index is 601. The molecule has 0 aliphatic heterocycles. The molecule has 104 valence electrons. The fourth-order valence-corrected chi connectivity index (χ4v) is 2.13. The molecule has 0 saturated carbocycles. The van der Waals surface area contributed by atoms with Crippen LogP contribution in [0, 0.1) is 6.92 Å². The number of anilines is 1. The van der Waals surface area contributed by atoms with Gasteiger partial charge in [-0.1, -0.05) is 12.1 Å². The van der Waals surface area contributed by atoms with Crippen LogP contribution < -0.4 is 10.6 Å². The predicted molar refractivity (Wildman–Crippen MR) is 83.5 cm³/mol. The van der Waals surface area contributed by atoms with Gasteiger partial charge in [-0.15, -0.1) is 0 Å². The van der Waals surface area contributed by atoms with Crippen LogP contribution in [0.2, 0.25) is 0 Å². The topological polar surface area (TPSA) is 54.0 Å². The summed E-state index contributed by atoms with van der Waals surface area (Å²) in [7, 11) is 0. The van der Waals surface area contributed by atoms with Gasteiger partial charge in [0.05, 0.1) is 12.2 Å². The van der Waals surface area contributed by atoms with Crippen molar-refractivity contribution >= 4 is 27.5 Å². The fourth-order valence-electron chi connectivity index (χ4n) is 1.75. The maximum Gasteiger partial charge on any atom is 0.238 e. The van der Waals surface area contributed by atoms with Gasteiger partial charge in [-0.3, -0.25) is 9.78 Å². The van der Waals surface area contributed by atoms with Crippen LogP contribution in [-0.2, 0) is 11.3 Å². The first-order valence-corrected chi connectivity index (χ1v) is 7.10. The number of halogens is 1. The van der Waals surface area contributed by atoms with Gasteiger partial charge in [0.25, 0.3) is 0 Å². The number of para-hydroxylation sites is 1. The van der Waals surface area contributed by atoms with Crippen LogP contribution in [0.1, 0.15) is 11.1 Å². The van der Waals surface area contributed by atoms with Crippen LogP contribution in [0.5, 0.6) is 0 Å². The molecule has 1 amide bonds. The first-order valence-electron chi connectivity index (χ1n) is 6.31. The number of benzene rings is 1. The number of amides is 1. The molecule has 4 nitrogen and oxygen atoms in total. The van der Waals surface area contributed by atoms with Crippen molar-refractivity contribution in [2.75, 3.05) is 11.9 Å². The van der Waals surface area contributed by atoms with E-state index in [0.29, 0.717) is 6.54 Å². The Morgan fingerprint density at radius 2 is 2.10 bits per heavy atom. The second-order valence-corrected chi connectivity index (χ2v) is 5.29. The molecule has 0 saturated heterocycles. The van der Waals surface area contributed by atoms with Gasteiger partial charge >= 0.3 is 0 Å². The zero-order valence-electron chi connectivity index (χ0n) is 11.2. The molecule has 5 heteroatoms. The summed E-state index contributed by atoms with van der Waals surface area (Å²) in [5.41, 5.74) is 3.04. The van der Waals surface area contributed by atoms with E-state index < -0.39 is 0 Å². The van der Waals surface area contributed by atoms with E-state index in [-0.39, 0.29) is 12.5 Å². The molecule has 1 heterocycles. The lowest BCUT2D eigenvalue weighted by molar-refractivity contribution is -0.115. The normalized spacial score (nSPS) is 10.3. The number of rotatable bonds is 5. The zero-order valence-corrected chi connectivity index (χ0v) is 12.8. The molecule has 0 fully saturated rings. The predicted octanol–water partition coefficient (Wildman–Crippen LogP) is 2.88. The SMILES string of the molecule is Cc1ccncc1CNCC(=O)Nc1ccccc1Br. The van der Waals surface area contributed by atoms with E-state index in [1.807, 2.05) is 43.5 Å². The average molecular weight is 334 g/mol. The molecule has 20 heavy (non-hydrogen) atoms. The van der Waals surface area contributed by atoms with E-state index in [1.54, 1.807) is 6.20 Å². The van der Waals surface area contributed by atoms with E-state index >= 15 is 0 Å². The Kier molecular flexibility index (Phi) is 5.26. The second-order valence-electron chi connectivity index (χ2n) is 4.43. The Morgan fingerprint density at radius 3 is 2.85 bits per heavy atom. The van der Waals surface area contributed by atoms with Crippen LogP contribution >= 0.6 is 15.9 Å². The van der Waals surface area contributed by atoms with Gasteiger partial charge in [-0.05, 0) is 52.2 Å². The molecule has 0 bridgehead atoms. The highest BCUT2D eigenvalue weighted by Gasteiger charge is 2.05. The van der Waals surface area contributed by atoms with E-state index in [1.165, 1.54) is 5.56 Å². The third-order valence-corrected chi connectivity index (χ3v) is 3.59. The van der Waals surface area contributed by atoms with Crippen molar-refractivity contribution < 1.29 is 4.79 Å². The van der Waals surface area contributed by atoms with Crippen molar-refractivity contribution in [1.29, 1.82) is 0 Å². The summed E-state index contributed by atoms with van der Waals surface area (Å²) in [4.78, 5) is 15.9. The lowest BCUT2D eigenvalue weighted by atomic mass is 10.1. The number of hydrogen-bond donors (Lipinski definition) is 2. The number of nitrogens with one attached hydrogen (secondary N) is 2. The summed E-state index contributed by atoms with van der Waals surface area (Å²) in [6, 6.07) is 9.49.